The van der Waals surface area contributed by atoms with Crippen molar-refractivity contribution in [2.75, 3.05) is 6.61 Å². The number of hydrogen-bond donors (Lipinski definition) is 2. The molecule has 1 aromatic rings. The minimum atomic E-state index is -0.948. The zero-order valence-corrected chi connectivity index (χ0v) is 10.7. The van der Waals surface area contributed by atoms with Crippen molar-refractivity contribution in [1.82, 2.24) is 9.47 Å². The van der Waals surface area contributed by atoms with Gasteiger partial charge >= 0.3 is 0 Å². The van der Waals surface area contributed by atoms with Gasteiger partial charge in [-0.05, 0) is 6.92 Å². The highest BCUT2D eigenvalue weighted by atomic mass is 16.5. The van der Waals surface area contributed by atoms with E-state index < -0.39 is 29.2 Å². The maximum Gasteiger partial charge on any atom is 0.276 e. The van der Waals surface area contributed by atoms with Gasteiger partial charge in [-0.15, -0.1) is 0 Å². The van der Waals surface area contributed by atoms with E-state index >= 15 is 0 Å². The molecule has 2 amide bonds. The third-order valence-corrected chi connectivity index (χ3v) is 3.63. The molecule has 2 unspecified atom stereocenters. The first kappa shape index (κ1) is 12.7. The number of ether oxygens (including phenoxy) is 1. The van der Waals surface area contributed by atoms with Gasteiger partial charge in [-0.25, -0.2) is 0 Å². The van der Waals surface area contributed by atoms with Crippen molar-refractivity contribution in [3.8, 4) is 5.75 Å². The number of hydrogen-bond acceptors (Lipinski definition) is 5. The van der Waals surface area contributed by atoms with E-state index in [4.69, 9.17) is 10.5 Å². The van der Waals surface area contributed by atoms with Gasteiger partial charge in [-0.1, -0.05) is 0 Å². The van der Waals surface area contributed by atoms with Crippen LogP contribution in [0, 0.1) is 0 Å². The molecule has 1 fully saturated rings. The Hall–Kier alpha value is -2.35. The summed E-state index contributed by atoms with van der Waals surface area (Å²) in [6, 6.07) is -0.133. The molecule has 2 aliphatic rings. The van der Waals surface area contributed by atoms with E-state index in [1.165, 1.54) is 15.7 Å². The SMILES string of the molecule is CC1COC2Cn3cc(C(N)=O)c(=O)c(O)c3C(=O)N12. The first-order valence-corrected chi connectivity index (χ1v) is 6.12. The fourth-order valence-corrected chi connectivity index (χ4v) is 2.65. The number of rotatable bonds is 1. The van der Waals surface area contributed by atoms with Gasteiger partial charge in [0.05, 0.1) is 19.2 Å². The van der Waals surface area contributed by atoms with Crippen LogP contribution in [0.4, 0.5) is 0 Å². The lowest BCUT2D eigenvalue weighted by atomic mass is 10.1. The summed E-state index contributed by atoms with van der Waals surface area (Å²) in [6.07, 6.45) is 0.731. The Kier molecular flexibility index (Phi) is 2.58. The van der Waals surface area contributed by atoms with Gasteiger partial charge in [-0.3, -0.25) is 14.4 Å². The lowest BCUT2D eigenvalue weighted by Crippen LogP contribution is -2.49. The Bertz CT molecular complexity index is 680. The maximum atomic E-state index is 12.4. The molecule has 2 aliphatic heterocycles. The molecule has 3 heterocycles. The van der Waals surface area contributed by atoms with E-state index in [1.54, 1.807) is 0 Å². The first-order chi connectivity index (χ1) is 9.41. The van der Waals surface area contributed by atoms with Crippen LogP contribution >= 0.6 is 0 Å². The van der Waals surface area contributed by atoms with Crippen molar-refractivity contribution in [3.63, 3.8) is 0 Å². The molecular weight excluding hydrogens is 266 g/mol. The van der Waals surface area contributed by atoms with E-state index in [0.717, 1.165) is 0 Å². The topological polar surface area (TPSA) is 115 Å². The Morgan fingerprint density at radius 1 is 1.50 bits per heavy atom. The third-order valence-electron chi connectivity index (χ3n) is 3.63. The van der Waals surface area contributed by atoms with Gasteiger partial charge in [0, 0.05) is 6.20 Å². The van der Waals surface area contributed by atoms with Crippen molar-refractivity contribution in [2.24, 2.45) is 5.73 Å². The molecule has 8 nitrogen and oxygen atoms in total. The number of amides is 2. The zero-order valence-electron chi connectivity index (χ0n) is 10.7. The smallest absolute Gasteiger partial charge is 0.276 e. The van der Waals surface area contributed by atoms with Crippen LogP contribution in [-0.4, -0.2) is 45.3 Å². The number of carbonyl (C=O) groups excluding carboxylic acids is 2. The second-order valence-corrected chi connectivity index (χ2v) is 4.94. The number of carbonyl (C=O) groups is 2. The maximum absolute atomic E-state index is 12.4. The number of nitrogens with two attached hydrogens (primary N) is 1. The Morgan fingerprint density at radius 2 is 2.20 bits per heavy atom. The Morgan fingerprint density at radius 3 is 2.85 bits per heavy atom. The molecule has 1 aromatic heterocycles. The predicted molar refractivity (Wildman–Crippen MR) is 66.3 cm³/mol. The molecule has 3 N–H and O–H groups in total. The number of nitrogens with zero attached hydrogens (tertiary/aromatic N) is 2. The summed E-state index contributed by atoms with van der Waals surface area (Å²) in [5.41, 5.74) is 3.68. The summed E-state index contributed by atoms with van der Waals surface area (Å²) in [6.45, 7) is 2.44. The largest absolute Gasteiger partial charge is 0.503 e. The molecular formula is C12H13N3O5. The van der Waals surface area contributed by atoms with Crippen LogP contribution < -0.4 is 11.2 Å². The van der Waals surface area contributed by atoms with E-state index in [9.17, 15) is 19.5 Å². The number of aromatic hydroxyl groups is 1. The van der Waals surface area contributed by atoms with E-state index in [2.05, 4.69) is 0 Å². The molecule has 0 bridgehead atoms. The van der Waals surface area contributed by atoms with E-state index in [1.807, 2.05) is 6.92 Å². The predicted octanol–water partition coefficient (Wildman–Crippen LogP) is -1.15. The van der Waals surface area contributed by atoms with Crippen LogP contribution in [0.2, 0.25) is 0 Å². The first-order valence-electron chi connectivity index (χ1n) is 6.12. The molecule has 0 radical (unpaired) electrons. The second kappa shape index (κ2) is 4.07. The van der Waals surface area contributed by atoms with Crippen molar-refractivity contribution < 1.29 is 19.4 Å². The quantitative estimate of drug-likeness (QED) is 0.674. The number of primary amides is 1. The number of aromatic nitrogens is 1. The fourth-order valence-electron chi connectivity index (χ4n) is 2.65. The van der Waals surface area contributed by atoms with Gasteiger partial charge in [0.25, 0.3) is 11.8 Å². The van der Waals surface area contributed by atoms with Gasteiger partial charge in [-0.2, -0.15) is 0 Å². The fraction of sp³-hybridized carbons (Fsp3) is 0.417. The minimum absolute atomic E-state index is 0.131. The average molecular weight is 279 g/mol. The summed E-state index contributed by atoms with van der Waals surface area (Å²) in [4.78, 5) is 36.9. The summed E-state index contributed by atoms with van der Waals surface area (Å²) >= 11 is 0. The molecule has 0 aliphatic carbocycles. The second-order valence-electron chi connectivity index (χ2n) is 4.94. The highest BCUT2D eigenvalue weighted by Crippen LogP contribution is 2.29. The van der Waals surface area contributed by atoms with Gasteiger partial charge in [0.1, 0.15) is 5.56 Å². The molecule has 20 heavy (non-hydrogen) atoms. The Labute approximate surface area is 113 Å². The van der Waals surface area contributed by atoms with Crippen LogP contribution in [0.25, 0.3) is 0 Å². The zero-order chi connectivity index (χ0) is 14.6. The van der Waals surface area contributed by atoms with Crippen LogP contribution in [0.1, 0.15) is 27.8 Å². The Balaban J connectivity index is 2.21. The third kappa shape index (κ3) is 1.54. The van der Waals surface area contributed by atoms with Crippen LogP contribution in [-0.2, 0) is 11.3 Å². The number of pyridine rings is 1. The molecule has 8 heteroatoms. The lowest BCUT2D eigenvalue weighted by molar-refractivity contribution is 0.00625. The summed E-state index contributed by atoms with van der Waals surface area (Å²) in [5.74, 6) is -2.18. The summed E-state index contributed by atoms with van der Waals surface area (Å²) in [7, 11) is 0. The van der Waals surface area contributed by atoms with Crippen molar-refractivity contribution >= 4 is 11.8 Å². The lowest BCUT2D eigenvalue weighted by Gasteiger charge is -2.33. The molecule has 3 rings (SSSR count). The molecule has 0 spiro atoms. The average Bonchev–Trinajstić information content (AvgIpc) is 2.75. The monoisotopic (exact) mass is 279 g/mol. The summed E-state index contributed by atoms with van der Waals surface area (Å²) in [5, 5.41) is 9.92. The van der Waals surface area contributed by atoms with Gasteiger partial charge < -0.3 is 25.0 Å². The molecule has 1 saturated heterocycles. The van der Waals surface area contributed by atoms with Crippen molar-refractivity contribution in [3.05, 3.63) is 27.7 Å². The number of fused-ring (bicyclic) bond motifs is 2. The highest BCUT2D eigenvalue weighted by molar-refractivity contribution is 5.98. The van der Waals surface area contributed by atoms with Crippen LogP contribution in [0.15, 0.2) is 11.0 Å². The standard InChI is InChI=1S/C12H13N3O5/c1-5-4-20-7-3-14-2-6(11(13)18)9(16)10(17)8(14)12(19)15(5)7/h2,5,7,17H,3-4H2,1H3,(H2,13,18). The van der Waals surface area contributed by atoms with Gasteiger partial charge in [0.15, 0.2) is 17.7 Å². The molecule has 0 saturated carbocycles. The van der Waals surface area contributed by atoms with Crippen molar-refractivity contribution in [2.45, 2.75) is 25.7 Å². The molecule has 106 valence electrons. The van der Waals surface area contributed by atoms with E-state index in [-0.39, 0.29) is 23.8 Å². The van der Waals surface area contributed by atoms with Crippen LogP contribution in [0.3, 0.4) is 0 Å². The normalized spacial score (nSPS) is 24.4. The highest BCUT2D eigenvalue weighted by Gasteiger charge is 2.42. The van der Waals surface area contributed by atoms with Crippen molar-refractivity contribution in [1.29, 1.82) is 0 Å². The van der Waals surface area contributed by atoms with Crippen LogP contribution in [0.5, 0.6) is 5.75 Å². The summed E-state index contributed by atoms with van der Waals surface area (Å²) < 4.78 is 6.82. The minimum Gasteiger partial charge on any atom is -0.503 e. The van der Waals surface area contributed by atoms with E-state index in [0.29, 0.717) is 6.61 Å². The molecule has 2 atom stereocenters. The molecule has 0 aromatic carbocycles. The van der Waals surface area contributed by atoms with Gasteiger partial charge in [0.2, 0.25) is 5.43 Å².